The van der Waals surface area contributed by atoms with Gasteiger partial charge in [0.05, 0.1) is 5.56 Å². The molecule has 5 heteroatoms. The predicted octanol–water partition coefficient (Wildman–Crippen LogP) is 7.69. The first-order chi connectivity index (χ1) is 11.9. The van der Waals surface area contributed by atoms with Crippen molar-refractivity contribution in [1.29, 1.82) is 0 Å². The van der Waals surface area contributed by atoms with Crippen LogP contribution in [-0.2, 0) is 12.1 Å². The first kappa shape index (κ1) is 21.9. The summed E-state index contributed by atoms with van der Waals surface area (Å²) < 4.78 is 66.7. The SMILES string of the molecule is C=C/C(=C/C(C)=C/C(=C\C)c1cc(C(C)(F)F)cc(C(F)(F)F)c1)CC. The van der Waals surface area contributed by atoms with E-state index in [0.717, 1.165) is 29.7 Å². The van der Waals surface area contributed by atoms with Gasteiger partial charge in [0.25, 0.3) is 5.92 Å². The fourth-order valence-corrected chi connectivity index (χ4v) is 2.43. The number of allylic oxidation sites excluding steroid dienone is 7. The van der Waals surface area contributed by atoms with Gasteiger partial charge in [-0.05, 0) is 55.2 Å². The molecule has 1 rings (SSSR count). The molecule has 0 spiro atoms. The van der Waals surface area contributed by atoms with Gasteiger partial charge in [-0.25, -0.2) is 8.78 Å². The first-order valence-corrected chi connectivity index (χ1v) is 8.21. The minimum Gasteiger partial charge on any atom is -0.202 e. The molecule has 0 atom stereocenters. The summed E-state index contributed by atoms with van der Waals surface area (Å²) in [7, 11) is 0. The Morgan fingerprint density at radius 3 is 2.04 bits per heavy atom. The van der Waals surface area contributed by atoms with E-state index in [1.54, 1.807) is 32.1 Å². The number of hydrogen-bond acceptors (Lipinski definition) is 0. The quantitative estimate of drug-likeness (QED) is 0.356. The Hall–Kier alpha value is -2.17. The molecule has 0 unspecified atom stereocenters. The van der Waals surface area contributed by atoms with Crippen LogP contribution in [0.1, 0.15) is 50.8 Å². The van der Waals surface area contributed by atoms with Crippen LogP contribution in [0.3, 0.4) is 0 Å². The third-order valence-electron chi connectivity index (χ3n) is 3.88. The average Bonchev–Trinajstić information content (AvgIpc) is 2.55. The van der Waals surface area contributed by atoms with E-state index in [2.05, 4.69) is 6.58 Å². The Bertz CT molecular complexity index is 708. The Labute approximate surface area is 151 Å². The highest BCUT2D eigenvalue weighted by molar-refractivity contribution is 5.76. The number of halogens is 5. The second-order valence-corrected chi connectivity index (χ2v) is 6.09. The van der Waals surface area contributed by atoms with E-state index < -0.39 is 23.2 Å². The lowest BCUT2D eigenvalue weighted by molar-refractivity contribution is -0.137. The number of hydrogen-bond donors (Lipinski definition) is 0. The largest absolute Gasteiger partial charge is 0.416 e. The molecule has 142 valence electrons. The molecule has 0 amide bonds. The lowest BCUT2D eigenvalue weighted by Gasteiger charge is -2.17. The predicted molar refractivity (Wildman–Crippen MR) is 97.0 cm³/mol. The van der Waals surface area contributed by atoms with Crippen LogP contribution < -0.4 is 0 Å². The van der Waals surface area contributed by atoms with Gasteiger partial charge < -0.3 is 0 Å². The molecule has 0 aliphatic rings. The zero-order chi connectivity index (χ0) is 20.1. The Kier molecular flexibility index (Phi) is 7.13. The van der Waals surface area contributed by atoms with Crippen molar-refractivity contribution in [2.75, 3.05) is 0 Å². The van der Waals surface area contributed by atoms with Crippen LogP contribution >= 0.6 is 0 Å². The van der Waals surface area contributed by atoms with Crippen LogP contribution in [0.2, 0.25) is 0 Å². The monoisotopic (exact) mass is 370 g/mol. The van der Waals surface area contributed by atoms with Crippen LogP contribution in [-0.4, -0.2) is 0 Å². The van der Waals surface area contributed by atoms with Gasteiger partial charge in [0, 0.05) is 12.5 Å². The normalized spacial score (nSPS) is 14.6. The van der Waals surface area contributed by atoms with Crippen molar-refractivity contribution in [2.45, 2.75) is 46.2 Å². The van der Waals surface area contributed by atoms with Gasteiger partial charge >= 0.3 is 6.18 Å². The molecule has 26 heavy (non-hydrogen) atoms. The van der Waals surface area contributed by atoms with E-state index in [1.165, 1.54) is 0 Å². The van der Waals surface area contributed by atoms with Crippen molar-refractivity contribution >= 4 is 5.57 Å². The van der Waals surface area contributed by atoms with Gasteiger partial charge in [-0.15, -0.1) is 0 Å². The maximum absolute atomic E-state index is 13.7. The molecule has 0 nitrogen and oxygen atoms in total. The van der Waals surface area contributed by atoms with Gasteiger partial charge in [-0.1, -0.05) is 43.4 Å². The maximum Gasteiger partial charge on any atom is 0.416 e. The van der Waals surface area contributed by atoms with Crippen molar-refractivity contribution < 1.29 is 22.0 Å². The molecule has 0 saturated carbocycles. The van der Waals surface area contributed by atoms with Gasteiger partial charge in [0.15, 0.2) is 0 Å². The highest BCUT2D eigenvalue weighted by atomic mass is 19.4. The molecule has 0 radical (unpaired) electrons. The Morgan fingerprint density at radius 2 is 1.62 bits per heavy atom. The summed E-state index contributed by atoms with van der Waals surface area (Å²) in [6, 6.07) is 2.50. The van der Waals surface area contributed by atoms with Crippen LogP contribution in [0.25, 0.3) is 5.57 Å². The summed E-state index contributed by atoms with van der Waals surface area (Å²) in [5, 5.41) is 0. The van der Waals surface area contributed by atoms with Crippen molar-refractivity contribution in [3.63, 3.8) is 0 Å². The lowest BCUT2D eigenvalue weighted by atomic mass is 9.95. The van der Waals surface area contributed by atoms with E-state index >= 15 is 0 Å². The fourth-order valence-electron chi connectivity index (χ4n) is 2.43. The molecule has 0 fully saturated rings. The van der Waals surface area contributed by atoms with Crippen molar-refractivity contribution in [1.82, 2.24) is 0 Å². The van der Waals surface area contributed by atoms with Crippen molar-refractivity contribution in [2.24, 2.45) is 0 Å². The number of rotatable bonds is 6. The van der Waals surface area contributed by atoms with E-state index in [0.29, 0.717) is 18.6 Å². The lowest BCUT2D eigenvalue weighted by Crippen LogP contribution is -2.12. The van der Waals surface area contributed by atoms with Crippen molar-refractivity contribution in [3.8, 4) is 0 Å². The van der Waals surface area contributed by atoms with Gasteiger partial charge in [0.2, 0.25) is 0 Å². The molecule has 0 aromatic heterocycles. The van der Waals surface area contributed by atoms with Crippen LogP contribution in [0.15, 0.2) is 60.2 Å². The van der Waals surface area contributed by atoms with E-state index in [4.69, 9.17) is 0 Å². The highest BCUT2D eigenvalue weighted by Crippen LogP contribution is 2.37. The van der Waals surface area contributed by atoms with Gasteiger partial charge in [-0.2, -0.15) is 13.2 Å². The standard InChI is InChI=1S/C21H23F5/c1-6-15(7-2)9-14(4)10-16(8-3)17-11-18(20(5,22)23)13-19(12-17)21(24,25)26/h6,8-13H,1,7H2,2-5H3/b14-10+,15-9-,16-8+. The van der Waals surface area contributed by atoms with E-state index in [1.807, 2.05) is 13.0 Å². The van der Waals surface area contributed by atoms with E-state index in [-0.39, 0.29) is 5.56 Å². The minimum absolute atomic E-state index is 0.100. The summed E-state index contributed by atoms with van der Waals surface area (Å²) >= 11 is 0. The topological polar surface area (TPSA) is 0 Å². The van der Waals surface area contributed by atoms with Gasteiger partial charge in [-0.3, -0.25) is 0 Å². The van der Waals surface area contributed by atoms with Crippen LogP contribution in [0, 0.1) is 0 Å². The molecule has 1 aromatic carbocycles. The van der Waals surface area contributed by atoms with Crippen molar-refractivity contribution in [3.05, 3.63) is 76.9 Å². The summed E-state index contributed by atoms with van der Waals surface area (Å²) in [4.78, 5) is 0. The van der Waals surface area contributed by atoms with Crippen LogP contribution in [0.4, 0.5) is 22.0 Å². The minimum atomic E-state index is -4.70. The Morgan fingerprint density at radius 1 is 1.04 bits per heavy atom. The summed E-state index contributed by atoms with van der Waals surface area (Å²) in [5.41, 5.74) is 0.547. The van der Waals surface area contributed by atoms with E-state index in [9.17, 15) is 22.0 Å². The third-order valence-corrected chi connectivity index (χ3v) is 3.88. The molecule has 0 aliphatic carbocycles. The first-order valence-electron chi connectivity index (χ1n) is 8.21. The zero-order valence-electron chi connectivity index (χ0n) is 15.3. The molecular weight excluding hydrogens is 347 g/mol. The average molecular weight is 370 g/mol. The maximum atomic E-state index is 13.7. The Balaban J connectivity index is 3.52. The number of alkyl halides is 5. The second-order valence-electron chi connectivity index (χ2n) is 6.09. The molecular formula is C21H23F5. The molecule has 0 aliphatic heterocycles. The zero-order valence-corrected chi connectivity index (χ0v) is 15.3. The highest BCUT2D eigenvalue weighted by Gasteiger charge is 2.34. The van der Waals surface area contributed by atoms with Crippen LogP contribution in [0.5, 0.6) is 0 Å². The number of benzene rings is 1. The molecule has 0 heterocycles. The third kappa shape index (κ3) is 5.97. The fraction of sp³-hybridized carbons (Fsp3) is 0.333. The molecule has 0 saturated heterocycles. The smallest absolute Gasteiger partial charge is 0.202 e. The molecule has 0 N–H and O–H groups in total. The second kappa shape index (κ2) is 8.47. The molecule has 1 aromatic rings. The summed E-state index contributed by atoms with van der Waals surface area (Å²) in [5.74, 6) is -3.37. The summed E-state index contributed by atoms with van der Waals surface area (Å²) in [6.45, 7) is 9.70. The molecule has 0 bridgehead atoms. The summed E-state index contributed by atoms with van der Waals surface area (Å²) in [6.07, 6.45) is 2.89. The van der Waals surface area contributed by atoms with Gasteiger partial charge in [0.1, 0.15) is 0 Å².